The molecule has 4 saturated heterocycles. The number of ketones is 2. The van der Waals surface area contributed by atoms with Crippen LogP contribution < -0.4 is 10.2 Å². The number of fused-ring (bicyclic) bond motifs is 8. The van der Waals surface area contributed by atoms with E-state index in [-0.39, 0.29) is 50.9 Å². The van der Waals surface area contributed by atoms with E-state index < -0.39 is 0 Å². The number of rotatable bonds is 1. The van der Waals surface area contributed by atoms with Crippen LogP contribution in [0, 0.1) is 34.5 Å². The Hall–Kier alpha value is -2.70. The lowest BCUT2D eigenvalue weighted by Gasteiger charge is -2.67. The number of anilines is 3. The van der Waals surface area contributed by atoms with E-state index in [0.29, 0.717) is 54.4 Å². The summed E-state index contributed by atoms with van der Waals surface area (Å²) in [6.07, 6.45) is 5.79. The summed E-state index contributed by atoms with van der Waals surface area (Å²) in [5.41, 5.74) is 6.18. The maximum absolute atomic E-state index is 14.0. The molecule has 46 heavy (non-hydrogen) atoms. The van der Waals surface area contributed by atoms with E-state index in [1.54, 1.807) is 0 Å². The third-order valence-corrected chi connectivity index (χ3v) is 17.5. The molecule has 0 aromatic heterocycles. The zero-order valence-electron chi connectivity index (χ0n) is 28.1. The molecule has 6 heterocycles. The van der Waals surface area contributed by atoms with Crippen molar-refractivity contribution in [2.45, 2.75) is 126 Å². The summed E-state index contributed by atoms with van der Waals surface area (Å²) in [5, 5.41) is 4.19. The Morgan fingerprint density at radius 3 is 2.09 bits per heavy atom. The van der Waals surface area contributed by atoms with Gasteiger partial charge in [-0.25, -0.2) is 0 Å². The van der Waals surface area contributed by atoms with Crippen LogP contribution in [-0.2, 0) is 9.59 Å². The van der Waals surface area contributed by atoms with Crippen molar-refractivity contribution < 1.29 is 9.59 Å². The maximum atomic E-state index is 14.0. The Kier molecular flexibility index (Phi) is 4.02. The standard InChI is InChI=1S/C40H46N4O2/c1-35(2)25-14-23-29-16-39(37(23,5)18-31(25)45)33(43(29)35)22-13-20(11-12-27(22)41-39)42-28-10-8-7-9-21(28)34-40(42)17-30-24-15-26(36(3,4)44(30)34)32(46)19-38(24,40)6/h7-13,23-26,29-30,33-34,41H,14-19H2,1-6H3/t23-,24-,25-,26-,29-,30-,33+,34+,37-,38-,39+,40+/m1/s1. The predicted molar refractivity (Wildman–Crippen MR) is 177 cm³/mol. The molecule has 1 N–H and O–H groups in total. The minimum Gasteiger partial charge on any atom is -0.377 e. The molecule has 4 saturated carbocycles. The molecule has 2 spiro atoms. The highest BCUT2D eigenvalue weighted by Crippen LogP contribution is 2.80. The zero-order valence-corrected chi connectivity index (χ0v) is 28.1. The first-order valence-corrected chi connectivity index (χ1v) is 18.2. The smallest absolute Gasteiger partial charge is 0.138 e. The number of nitrogens with one attached hydrogen (secondary N) is 1. The SMILES string of the molecule is CC1(C)[C@@H]2C[C@@H]3[C@H]4C[C@@]5(Nc6ccc(N7c8ccccc8[C@@H]8N9[C@@H]%10C[C@@]87[C@]7(C)CC(=O)[C@@H](C[C@H]%107)C9(C)C)cc6[C@@H]5N41)[C@]3(C)CC2=O. The minimum absolute atomic E-state index is 0.0148. The van der Waals surface area contributed by atoms with Gasteiger partial charge in [-0.15, -0.1) is 0 Å². The Balaban J connectivity index is 1.07. The molecule has 12 atom stereocenters. The number of Topliss-reactive ketones (excluding diaryl/α,β-unsaturated/α-hetero) is 2. The van der Waals surface area contributed by atoms with Crippen molar-refractivity contribution >= 4 is 28.6 Å². The molecule has 0 radical (unpaired) electrons. The third-order valence-electron chi connectivity index (χ3n) is 17.5. The molecular weight excluding hydrogens is 568 g/mol. The van der Waals surface area contributed by atoms with Gasteiger partial charge in [0, 0.05) is 75.7 Å². The normalized spacial score (nSPS) is 51.5. The topological polar surface area (TPSA) is 55.9 Å². The number of benzene rings is 2. The average molecular weight is 615 g/mol. The lowest BCUT2D eigenvalue weighted by molar-refractivity contribution is -0.176. The first kappa shape index (κ1) is 26.3. The molecular formula is C40H46N4O2. The number of hydrogen-bond donors (Lipinski definition) is 1. The van der Waals surface area contributed by atoms with Gasteiger partial charge in [-0.1, -0.05) is 32.0 Å². The Labute approximate surface area is 272 Å². The van der Waals surface area contributed by atoms with Crippen molar-refractivity contribution in [3.05, 3.63) is 53.6 Å². The van der Waals surface area contributed by atoms with E-state index in [9.17, 15) is 9.59 Å². The number of hydrogen-bond acceptors (Lipinski definition) is 6. The van der Waals surface area contributed by atoms with Crippen molar-refractivity contribution in [3.8, 4) is 0 Å². The quantitative estimate of drug-likeness (QED) is 0.382. The number of carbonyl (C=O) groups is 2. The molecule has 2 aromatic rings. The van der Waals surface area contributed by atoms with Gasteiger partial charge in [0.2, 0.25) is 0 Å². The van der Waals surface area contributed by atoms with Crippen LogP contribution in [0.5, 0.6) is 0 Å². The highest BCUT2D eigenvalue weighted by molar-refractivity contribution is 5.89. The second-order valence-corrected chi connectivity index (χ2v) is 19.1. The molecule has 6 aliphatic heterocycles. The molecule has 10 aliphatic rings. The van der Waals surface area contributed by atoms with Crippen molar-refractivity contribution in [2.75, 3.05) is 10.2 Å². The predicted octanol–water partition coefficient (Wildman–Crippen LogP) is 6.79. The van der Waals surface area contributed by atoms with Crippen LogP contribution in [0.1, 0.15) is 103 Å². The summed E-state index contributed by atoms with van der Waals surface area (Å²) >= 11 is 0. The molecule has 4 aliphatic carbocycles. The molecule has 2 aromatic carbocycles. The Morgan fingerprint density at radius 2 is 1.35 bits per heavy atom. The summed E-state index contributed by atoms with van der Waals surface area (Å²) in [7, 11) is 0. The fraction of sp³-hybridized carbons (Fsp3) is 0.650. The molecule has 0 unspecified atom stereocenters. The second-order valence-electron chi connectivity index (χ2n) is 19.1. The lowest BCUT2D eigenvalue weighted by atomic mass is 9.50. The van der Waals surface area contributed by atoms with Gasteiger partial charge in [-0.05, 0) is 101 Å². The molecule has 238 valence electrons. The first-order valence-electron chi connectivity index (χ1n) is 18.2. The number of para-hydroxylation sites is 1. The summed E-state index contributed by atoms with van der Waals surface area (Å²) in [6, 6.07) is 18.2. The van der Waals surface area contributed by atoms with E-state index in [1.165, 1.54) is 28.2 Å². The van der Waals surface area contributed by atoms with E-state index in [4.69, 9.17) is 0 Å². The van der Waals surface area contributed by atoms with Crippen LogP contribution in [0.3, 0.4) is 0 Å². The van der Waals surface area contributed by atoms with Gasteiger partial charge in [0.05, 0.1) is 23.2 Å². The monoisotopic (exact) mass is 614 g/mol. The molecule has 6 nitrogen and oxygen atoms in total. The second kappa shape index (κ2) is 7.03. The van der Waals surface area contributed by atoms with E-state index >= 15 is 0 Å². The summed E-state index contributed by atoms with van der Waals surface area (Å²) in [5.74, 6) is 2.39. The zero-order chi connectivity index (χ0) is 31.3. The number of carbonyl (C=O) groups excluding carboxylic acids is 2. The van der Waals surface area contributed by atoms with Crippen molar-refractivity contribution in [1.82, 2.24) is 9.80 Å². The van der Waals surface area contributed by atoms with Crippen LogP contribution in [0.2, 0.25) is 0 Å². The molecule has 12 rings (SSSR count). The molecule has 6 heteroatoms. The van der Waals surface area contributed by atoms with Crippen LogP contribution in [0.25, 0.3) is 0 Å². The van der Waals surface area contributed by atoms with Crippen LogP contribution >= 0.6 is 0 Å². The Bertz CT molecular complexity index is 1880. The van der Waals surface area contributed by atoms with Gasteiger partial charge in [-0.2, -0.15) is 0 Å². The van der Waals surface area contributed by atoms with Crippen molar-refractivity contribution in [2.24, 2.45) is 34.5 Å². The van der Waals surface area contributed by atoms with Gasteiger partial charge in [0.1, 0.15) is 11.6 Å². The molecule has 8 fully saturated rings. The van der Waals surface area contributed by atoms with Gasteiger partial charge in [-0.3, -0.25) is 19.4 Å². The largest absolute Gasteiger partial charge is 0.377 e. The molecule has 8 bridgehead atoms. The number of piperidine rings is 4. The van der Waals surface area contributed by atoms with Crippen molar-refractivity contribution in [3.63, 3.8) is 0 Å². The highest BCUT2D eigenvalue weighted by atomic mass is 16.1. The van der Waals surface area contributed by atoms with Crippen LogP contribution in [-0.4, -0.2) is 55.6 Å². The highest BCUT2D eigenvalue weighted by Gasteiger charge is 2.83. The van der Waals surface area contributed by atoms with Gasteiger partial charge in [0.15, 0.2) is 0 Å². The lowest BCUT2D eigenvalue weighted by Crippen LogP contribution is -2.73. The Morgan fingerprint density at radius 1 is 0.717 bits per heavy atom. The summed E-state index contributed by atoms with van der Waals surface area (Å²) in [4.78, 5) is 36.2. The van der Waals surface area contributed by atoms with Gasteiger partial charge in [0.25, 0.3) is 0 Å². The molecule has 0 amide bonds. The minimum atomic E-state index is -0.150. The van der Waals surface area contributed by atoms with E-state index in [0.717, 1.165) is 25.7 Å². The fourth-order valence-electron chi connectivity index (χ4n) is 15.9. The number of nitrogens with zero attached hydrogens (tertiary/aromatic N) is 3. The average Bonchev–Trinajstić information content (AvgIpc) is 3.78. The van der Waals surface area contributed by atoms with Crippen LogP contribution in [0.4, 0.5) is 17.1 Å². The summed E-state index contributed by atoms with van der Waals surface area (Å²) < 4.78 is 0. The van der Waals surface area contributed by atoms with Gasteiger partial charge < -0.3 is 10.2 Å². The maximum Gasteiger partial charge on any atom is 0.138 e. The fourth-order valence-corrected chi connectivity index (χ4v) is 15.9. The van der Waals surface area contributed by atoms with Gasteiger partial charge >= 0.3 is 0 Å². The third kappa shape index (κ3) is 2.21. The van der Waals surface area contributed by atoms with Crippen molar-refractivity contribution in [1.29, 1.82) is 0 Å². The van der Waals surface area contributed by atoms with E-state index in [2.05, 4.69) is 104 Å². The first-order chi connectivity index (χ1) is 21.8. The van der Waals surface area contributed by atoms with Crippen LogP contribution in [0.15, 0.2) is 42.5 Å². The van der Waals surface area contributed by atoms with E-state index in [1.807, 2.05) is 0 Å². The summed E-state index contributed by atoms with van der Waals surface area (Å²) in [6.45, 7) is 14.4.